The predicted octanol–water partition coefficient (Wildman–Crippen LogP) is 1.07. The number of carbonyl (C=O) groups excluding carboxylic acids is 1. The normalized spacial score (nSPS) is 21.2. The summed E-state index contributed by atoms with van der Waals surface area (Å²) in [5.41, 5.74) is 1.13. The van der Waals surface area contributed by atoms with Crippen LogP contribution in [0.15, 0.2) is 23.1 Å². The van der Waals surface area contributed by atoms with Crippen molar-refractivity contribution in [3.8, 4) is 0 Å². The van der Waals surface area contributed by atoms with Crippen LogP contribution in [-0.2, 0) is 24.3 Å². The second kappa shape index (κ2) is 9.32. The summed E-state index contributed by atoms with van der Waals surface area (Å²) in [6, 6.07) is 4.99. The zero-order chi connectivity index (χ0) is 20.1. The molecule has 8 nitrogen and oxygen atoms in total. The molecule has 0 aromatic heterocycles. The first kappa shape index (κ1) is 21.2. The number of nitrogens with zero attached hydrogens (tertiary/aromatic N) is 2. The van der Waals surface area contributed by atoms with E-state index in [-0.39, 0.29) is 23.5 Å². The lowest BCUT2D eigenvalue weighted by molar-refractivity contribution is -0.117. The number of likely N-dealkylation sites (N-methyl/N-ethyl adjacent to an activating group) is 1. The second-order valence-corrected chi connectivity index (χ2v) is 9.28. The summed E-state index contributed by atoms with van der Waals surface area (Å²) < 4.78 is 38.2. The lowest BCUT2D eigenvalue weighted by Crippen LogP contribution is -2.40. The van der Waals surface area contributed by atoms with Crippen molar-refractivity contribution in [2.75, 3.05) is 58.4 Å². The molecule has 1 atom stereocenters. The van der Waals surface area contributed by atoms with E-state index in [1.54, 1.807) is 19.1 Å². The van der Waals surface area contributed by atoms with Gasteiger partial charge in [0.15, 0.2) is 0 Å². The Morgan fingerprint density at radius 1 is 1.29 bits per heavy atom. The predicted molar refractivity (Wildman–Crippen MR) is 106 cm³/mol. The summed E-state index contributed by atoms with van der Waals surface area (Å²) in [5, 5.41) is 2.81. The molecular formula is C19H29N3O5S. The summed E-state index contributed by atoms with van der Waals surface area (Å²) in [5.74, 6) is -0.181. The average Bonchev–Trinajstić information content (AvgIpc) is 3.16. The minimum Gasteiger partial charge on any atom is -0.379 e. The van der Waals surface area contributed by atoms with Gasteiger partial charge in [-0.2, -0.15) is 4.31 Å². The molecule has 2 fully saturated rings. The maximum absolute atomic E-state index is 13.0. The van der Waals surface area contributed by atoms with Crippen molar-refractivity contribution in [1.29, 1.82) is 0 Å². The molecule has 2 saturated heterocycles. The maximum atomic E-state index is 13.0. The SMILES string of the molecule is Cc1ccc(NC(=O)CN(C)CC2CCCO2)cc1S(=O)(=O)N1CCOCC1. The Bertz CT molecular complexity index is 787. The molecule has 0 aliphatic carbocycles. The van der Waals surface area contributed by atoms with E-state index >= 15 is 0 Å². The van der Waals surface area contributed by atoms with Crippen LogP contribution in [-0.4, -0.2) is 82.7 Å². The zero-order valence-electron chi connectivity index (χ0n) is 16.5. The van der Waals surface area contributed by atoms with Gasteiger partial charge in [-0.3, -0.25) is 9.69 Å². The van der Waals surface area contributed by atoms with Gasteiger partial charge in [-0.25, -0.2) is 8.42 Å². The fourth-order valence-corrected chi connectivity index (χ4v) is 5.19. The molecule has 2 aliphatic rings. The highest BCUT2D eigenvalue weighted by Gasteiger charge is 2.28. The van der Waals surface area contributed by atoms with Gasteiger partial charge in [-0.1, -0.05) is 6.07 Å². The molecule has 2 aliphatic heterocycles. The van der Waals surface area contributed by atoms with E-state index in [1.807, 2.05) is 11.9 Å². The quantitative estimate of drug-likeness (QED) is 0.722. The number of anilines is 1. The molecule has 9 heteroatoms. The summed E-state index contributed by atoms with van der Waals surface area (Å²) in [6.07, 6.45) is 2.27. The highest BCUT2D eigenvalue weighted by molar-refractivity contribution is 7.89. The third-order valence-electron chi connectivity index (χ3n) is 5.01. The van der Waals surface area contributed by atoms with Crippen molar-refractivity contribution >= 4 is 21.6 Å². The van der Waals surface area contributed by atoms with Crippen LogP contribution in [0.4, 0.5) is 5.69 Å². The molecule has 1 aromatic rings. The standard InChI is InChI=1S/C19H29N3O5S/c1-15-5-6-16(12-18(15)28(24,25)22-7-10-26-11-8-22)20-19(23)14-21(2)13-17-4-3-9-27-17/h5-6,12,17H,3-4,7-11,13-14H2,1-2H3,(H,20,23). The number of nitrogens with one attached hydrogen (secondary N) is 1. The molecular weight excluding hydrogens is 382 g/mol. The first-order valence-electron chi connectivity index (χ1n) is 9.65. The van der Waals surface area contributed by atoms with Crippen molar-refractivity contribution < 1.29 is 22.7 Å². The summed E-state index contributed by atoms with van der Waals surface area (Å²) >= 11 is 0. The van der Waals surface area contributed by atoms with E-state index in [1.165, 1.54) is 10.4 Å². The number of aryl methyl sites for hydroxylation is 1. The molecule has 0 saturated carbocycles. The minimum absolute atomic E-state index is 0.181. The number of hydrogen-bond donors (Lipinski definition) is 1. The molecule has 156 valence electrons. The molecule has 1 aromatic carbocycles. The van der Waals surface area contributed by atoms with E-state index in [4.69, 9.17) is 9.47 Å². The number of amides is 1. The van der Waals surface area contributed by atoms with Crippen molar-refractivity contribution in [1.82, 2.24) is 9.21 Å². The topological polar surface area (TPSA) is 88.2 Å². The Hall–Kier alpha value is -1.52. The van der Waals surface area contributed by atoms with Gasteiger partial charge in [0.1, 0.15) is 0 Å². The number of sulfonamides is 1. The third kappa shape index (κ3) is 5.30. The Labute approximate surface area is 166 Å². The first-order chi connectivity index (χ1) is 13.4. The lowest BCUT2D eigenvalue weighted by atomic mass is 10.2. The van der Waals surface area contributed by atoms with E-state index < -0.39 is 10.0 Å². The van der Waals surface area contributed by atoms with Gasteiger partial charge in [0.25, 0.3) is 0 Å². The van der Waals surface area contributed by atoms with Gasteiger partial charge in [-0.05, 0) is 44.5 Å². The monoisotopic (exact) mass is 411 g/mol. The van der Waals surface area contributed by atoms with Crippen LogP contribution < -0.4 is 5.32 Å². The van der Waals surface area contributed by atoms with E-state index in [0.717, 1.165) is 19.4 Å². The third-order valence-corrected chi connectivity index (χ3v) is 7.05. The largest absolute Gasteiger partial charge is 0.379 e. The van der Waals surface area contributed by atoms with E-state index in [0.29, 0.717) is 44.1 Å². The van der Waals surface area contributed by atoms with Crippen LogP contribution in [0.2, 0.25) is 0 Å². The molecule has 1 unspecified atom stereocenters. The van der Waals surface area contributed by atoms with Crippen LogP contribution in [0.25, 0.3) is 0 Å². The first-order valence-corrected chi connectivity index (χ1v) is 11.1. The lowest BCUT2D eigenvalue weighted by Gasteiger charge is -2.27. The van der Waals surface area contributed by atoms with Crippen LogP contribution in [0.1, 0.15) is 18.4 Å². The smallest absolute Gasteiger partial charge is 0.243 e. The highest BCUT2D eigenvalue weighted by Crippen LogP contribution is 2.24. The molecule has 28 heavy (non-hydrogen) atoms. The molecule has 0 spiro atoms. The van der Waals surface area contributed by atoms with Crippen molar-refractivity contribution in [3.63, 3.8) is 0 Å². The molecule has 3 rings (SSSR count). The van der Waals surface area contributed by atoms with Gasteiger partial charge < -0.3 is 14.8 Å². The van der Waals surface area contributed by atoms with Gasteiger partial charge in [0, 0.05) is 31.9 Å². The maximum Gasteiger partial charge on any atom is 0.243 e. The molecule has 0 radical (unpaired) electrons. The van der Waals surface area contributed by atoms with E-state index in [9.17, 15) is 13.2 Å². The number of benzene rings is 1. The summed E-state index contributed by atoms with van der Waals surface area (Å²) in [6.45, 7) is 4.94. The molecule has 1 N–H and O–H groups in total. The van der Waals surface area contributed by atoms with Gasteiger partial charge >= 0.3 is 0 Å². The van der Waals surface area contributed by atoms with Gasteiger partial charge in [0.05, 0.1) is 30.8 Å². The number of carbonyl (C=O) groups is 1. The fraction of sp³-hybridized carbons (Fsp3) is 0.632. The zero-order valence-corrected chi connectivity index (χ0v) is 17.3. The Morgan fingerprint density at radius 3 is 2.71 bits per heavy atom. The van der Waals surface area contributed by atoms with Crippen molar-refractivity contribution in [2.45, 2.75) is 30.8 Å². The summed E-state index contributed by atoms with van der Waals surface area (Å²) in [7, 11) is -1.74. The van der Waals surface area contributed by atoms with Crippen molar-refractivity contribution in [3.05, 3.63) is 23.8 Å². The average molecular weight is 412 g/mol. The number of ether oxygens (including phenoxy) is 2. The Balaban J connectivity index is 1.64. The number of hydrogen-bond acceptors (Lipinski definition) is 6. The van der Waals surface area contributed by atoms with Gasteiger partial charge in [0.2, 0.25) is 15.9 Å². The second-order valence-electron chi connectivity index (χ2n) is 7.38. The van der Waals surface area contributed by atoms with Crippen LogP contribution >= 0.6 is 0 Å². The van der Waals surface area contributed by atoms with Crippen LogP contribution in [0, 0.1) is 6.92 Å². The Morgan fingerprint density at radius 2 is 2.04 bits per heavy atom. The summed E-state index contributed by atoms with van der Waals surface area (Å²) in [4.78, 5) is 14.5. The van der Waals surface area contributed by atoms with Crippen LogP contribution in [0.3, 0.4) is 0 Å². The fourth-order valence-electron chi connectivity index (χ4n) is 3.53. The van der Waals surface area contributed by atoms with Crippen LogP contribution in [0.5, 0.6) is 0 Å². The van der Waals surface area contributed by atoms with Gasteiger partial charge in [-0.15, -0.1) is 0 Å². The molecule has 2 heterocycles. The Kier molecular flexibility index (Phi) is 7.05. The van der Waals surface area contributed by atoms with Crippen molar-refractivity contribution in [2.24, 2.45) is 0 Å². The molecule has 0 bridgehead atoms. The molecule has 1 amide bonds. The highest BCUT2D eigenvalue weighted by atomic mass is 32.2. The van der Waals surface area contributed by atoms with E-state index in [2.05, 4.69) is 5.32 Å². The number of morpholine rings is 1. The number of rotatable bonds is 7. The minimum atomic E-state index is -3.61.